The van der Waals surface area contributed by atoms with Gasteiger partial charge in [-0.25, -0.2) is 9.98 Å². The van der Waals surface area contributed by atoms with Gasteiger partial charge in [0.2, 0.25) is 11.5 Å². The molecule has 28 heavy (non-hydrogen) atoms. The predicted molar refractivity (Wildman–Crippen MR) is 99.1 cm³/mol. The van der Waals surface area contributed by atoms with E-state index in [1.807, 2.05) is 0 Å². The molecule has 2 N–H and O–H groups in total. The molecule has 3 aromatic rings. The highest BCUT2D eigenvalue weighted by atomic mass is 19.1. The van der Waals surface area contributed by atoms with Crippen molar-refractivity contribution in [1.82, 2.24) is 14.9 Å². The molecule has 2 aliphatic heterocycles. The second-order valence-corrected chi connectivity index (χ2v) is 6.57. The monoisotopic (exact) mass is 375 g/mol. The van der Waals surface area contributed by atoms with E-state index in [1.165, 1.54) is 11.1 Å². The zero-order valence-corrected chi connectivity index (χ0v) is 14.8. The minimum Gasteiger partial charge on any atom is -0.456 e. The molecule has 0 aliphatic carbocycles. The summed E-state index contributed by atoms with van der Waals surface area (Å²) >= 11 is 0. The summed E-state index contributed by atoms with van der Waals surface area (Å²) in [4.78, 5) is 27.0. The molecule has 2 aliphatic rings. The van der Waals surface area contributed by atoms with Crippen LogP contribution in [0.1, 0.15) is 11.1 Å². The number of hydrogen-bond donors (Lipinski definition) is 1. The molecule has 0 saturated heterocycles. The van der Waals surface area contributed by atoms with Crippen molar-refractivity contribution in [2.75, 3.05) is 7.05 Å². The Balaban J connectivity index is 1.81. The van der Waals surface area contributed by atoms with Gasteiger partial charge in [0.25, 0.3) is 5.91 Å². The molecule has 138 valence electrons. The van der Waals surface area contributed by atoms with E-state index in [1.54, 1.807) is 55.8 Å². The molecular formula is C20H14FN5O2. The Morgan fingerprint density at radius 1 is 1.14 bits per heavy atom. The standard InChI is InChI=1S/C20H14FN5O2/c1-26-18(27)20(25-19(26)22)13-9-11(12-3-2-7-24-17(12)21)4-5-15(13)28-16-6-8-23-10-14(16)20/h2-10H,1H3,(H2,22,25). The maximum Gasteiger partial charge on any atom is 0.266 e. The SMILES string of the molecule is CN1C(=O)C2(N=C1N)c1cnccc1Oc1ccc(-c3cccnc3F)cc12. The van der Waals surface area contributed by atoms with Crippen LogP contribution in [0.25, 0.3) is 11.1 Å². The van der Waals surface area contributed by atoms with E-state index in [0.29, 0.717) is 33.8 Å². The van der Waals surface area contributed by atoms with Crippen molar-refractivity contribution >= 4 is 11.9 Å². The van der Waals surface area contributed by atoms with E-state index < -0.39 is 11.5 Å². The normalized spacial score (nSPS) is 19.9. The first-order valence-corrected chi connectivity index (χ1v) is 8.53. The Morgan fingerprint density at radius 3 is 2.71 bits per heavy atom. The van der Waals surface area contributed by atoms with Crippen LogP contribution in [-0.4, -0.2) is 33.8 Å². The van der Waals surface area contributed by atoms with Gasteiger partial charge in [0.1, 0.15) is 11.5 Å². The number of ether oxygens (including phenoxy) is 1. The minimum absolute atomic E-state index is 0.0885. The summed E-state index contributed by atoms with van der Waals surface area (Å²) in [5.74, 6) is 0.0846. The highest BCUT2D eigenvalue weighted by Gasteiger charge is 2.54. The Hall–Kier alpha value is -3.81. The number of hydrogen-bond acceptors (Lipinski definition) is 6. The molecule has 1 unspecified atom stereocenters. The van der Waals surface area contributed by atoms with Crippen LogP contribution in [0.2, 0.25) is 0 Å². The van der Waals surface area contributed by atoms with Gasteiger partial charge in [-0.3, -0.25) is 14.7 Å². The van der Waals surface area contributed by atoms with Crippen molar-refractivity contribution in [3.8, 4) is 22.6 Å². The number of amides is 1. The molecule has 0 saturated carbocycles. The largest absolute Gasteiger partial charge is 0.456 e. The number of benzene rings is 1. The molecule has 0 radical (unpaired) electrons. The van der Waals surface area contributed by atoms with Crippen LogP contribution in [0.15, 0.2) is 60.0 Å². The lowest BCUT2D eigenvalue weighted by Gasteiger charge is -2.33. The summed E-state index contributed by atoms with van der Waals surface area (Å²) < 4.78 is 20.2. The molecule has 1 spiro atoms. The molecule has 1 amide bonds. The van der Waals surface area contributed by atoms with Gasteiger partial charge in [0, 0.05) is 36.8 Å². The summed E-state index contributed by atoms with van der Waals surface area (Å²) in [6.07, 6.45) is 4.50. The number of nitrogens with zero attached hydrogens (tertiary/aromatic N) is 4. The third-order valence-corrected chi connectivity index (χ3v) is 5.07. The van der Waals surface area contributed by atoms with Crippen LogP contribution in [-0.2, 0) is 10.3 Å². The van der Waals surface area contributed by atoms with Gasteiger partial charge in [-0.05, 0) is 35.9 Å². The lowest BCUT2D eigenvalue weighted by molar-refractivity contribution is -0.129. The number of nitrogens with two attached hydrogens (primary N) is 1. The highest BCUT2D eigenvalue weighted by Crippen LogP contribution is 2.52. The second-order valence-electron chi connectivity index (χ2n) is 6.57. The zero-order valence-electron chi connectivity index (χ0n) is 14.8. The van der Waals surface area contributed by atoms with Crippen LogP contribution < -0.4 is 10.5 Å². The summed E-state index contributed by atoms with van der Waals surface area (Å²) in [7, 11) is 1.56. The number of halogens is 1. The maximum atomic E-state index is 14.2. The van der Waals surface area contributed by atoms with Gasteiger partial charge in [-0.1, -0.05) is 6.07 Å². The first-order chi connectivity index (χ1) is 13.5. The summed E-state index contributed by atoms with van der Waals surface area (Å²) in [5, 5.41) is 0. The van der Waals surface area contributed by atoms with Gasteiger partial charge in [-0.2, -0.15) is 4.39 Å². The van der Waals surface area contributed by atoms with Crippen molar-refractivity contribution < 1.29 is 13.9 Å². The van der Waals surface area contributed by atoms with Gasteiger partial charge >= 0.3 is 0 Å². The molecule has 4 heterocycles. The zero-order chi connectivity index (χ0) is 19.5. The van der Waals surface area contributed by atoms with E-state index >= 15 is 0 Å². The number of aliphatic imine (C=N–C) groups is 1. The lowest BCUT2D eigenvalue weighted by atomic mass is 9.80. The Kier molecular flexibility index (Phi) is 3.27. The van der Waals surface area contributed by atoms with Crippen molar-refractivity contribution in [2.45, 2.75) is 5.54 Å². The molecule has 7 nitrogen and oxygen atoms in total. The van der Waals surface area contributed by atoms with Crippen molar-refractivity contribution in [1.29, 1.82) is 0 Å². The van der Waals surface area contributed by atoms with Gasteiger partial charge in [-0.15, -0.1) is 0 Å². The van der Waals surface area contributed by atoms with Gasteiger partial charge < -0.3 is 10.5 Å². The maximum absolute atomic E-state index is 14.2. The van der Waals surface area contributed by atoms with Crippen LogP contribution in [0, 0.1) is 5.95 Å². The smallest absolute Gasteiger partial charge is 0.266 e. The number of likely N-dealkylation sites (N-methyl/N-ethyl adjacent to an activating group) is 1. The number of guanidine groups is 1. The molecule has 1 aromatic carbocycles. The molecule has 2 aromatic heterocycles. The van der Waals surface area contributed by atoms with E-state index in [2.05, 4.69) is 15.0 Å². The van der Waals surface area contributed by atoms with E-state index in [-0.39, 0.29) is 11.9 Å². The van der Waals surface area contributed by atoms with Gasteiger partial charge in [0.05, 0.1) is 5.56 Å². The minimum atomic E-state index is -1.43. The van der Waals surface area contributed by atoms with E-state index in [9.17, 15) is 9.18 Å². The molecule has 8 heteroatoms. The molecule has 1 atom stereocenters. The Morgan fingerprint density at radius 2 is 1.96 bits per heavy atom. The number of rotatable bonds is 1. The first-order valence-electron chi connectivity index (χ1n) is 8.53. The van der Waals surface area contributed by atoms with Crippen LogP contribution in [0.3, 0.4) is 0 Å². The number of pyridine rings is 2. The number of carbonyl (C=O) groups excluding carboxylic acids is 1. The molecule has 5 rings (SSSR count). The topological polar surface area (TPSA) is 93.7 Å². The second kappa shape index (κ2) is 5.59. The summed E-state index contributed by atoms with van der Waals surface area (Å²) in [6, 6.07) is 10.0. The van der Waals surface area contributed by atoms with E-state index in [0.717, 1.165) is 0 Å². The Labute approximate surface area is 159 Å². The fourth-order valence-corrected chi connectivity index (χ4v) is 3.67. The molecule has 0 fully saturated rings. The van der Waals surface area contributed by atoms with Gasteiger partial charge in [0.15, 0.2) is 5.96 Å². The molecule has 0 bridgehead atoms. The third kappa shape index (κ3) is 2.02. The average Bonchev–Trinajstić information content (AvgIpc) is 2.93. The summed E-state index contributed by atoms with van der Waals surface area (Å²) in [5.41, 5.74) is 6.39. The fraction of sp³-hybridized carbons (Fsp3) is 0.100. The highest BCUT2D eigenvalue weighted by molar-refractivity contribution is 6.10. The van der Waals surface area contributed by atoms with Crippen LogP contribution in [0.4, 0.5) is 4.39 Å². The van der Waals surface area contributed by atoms with Crippen molar-refractivity contribution in [3.05, 3.63) is 72.1 Å². The van der Waals surface area contributed by atoms with Crippen molar-refractivity contribution in [2.24, 2.45) is 10.7 Å². The fourth-order valence-electron chi connectivity index (χ4n) is 3.67. The van der Waals surface area contributed by atoms with Crippen LogP contribution >= 0.6 is 0 Å². The summed E-state index contributed by atoms with van der Waals surface area (Å²) in [6.45, 7) is 0. The number of aromatic nitrogens is 2. The molecular weight excluding hydrogens is 361 g/mol. The third-order valence-electron chi connectivity index (χ3n) is 5.07. The number of fused-ring (bicyclic) bond motifs is 4. The predicted octanol–water partition coefficient (Wildman–Crippen LogP) is 2.42. The first kappa shape index (κ1) is 16.4. The van der Waals surface area contributed by atoms with E-state index in [4.69, 9.17) is 10.5 Å². The number of carbonyl (C=O) groups is 1. The quantitative estimate of drug-likeness (QED) is 0.659. The Bertz CT molecular complexity index is 1180. The average molecular weight is 375 g/mol. The van der Waals surface area contributed by atoms with Crippen molar-refractivity contribution in [3.63, 3.8) is 0 Å². The van der Waals surface area contributed by atoms with Crippen LogP contribution in [0.5, 0.6) is 11.5 Å². The lowest BCUT2D eigenvalue weighted by Crippen LogP contribution is -2.42.